The fourth-order valence-electron chi connectivity index (χ4n) is 2.33. The summed E-state index contributed by atoms with van der Waals surface area (Å²) in [5.74, 6) is 0.528. The van der Waals surface area contributed by atoms with Crippen LogP contribution in [0, 0.1) is 5.92 Å². The molecule has 0 bridgehead atoms. The van der Waals surface area contributed by atoms with Crippen molar-refractivity contribution in [3.05, 3.63) is 0 Å². The second kappa shape index (κ2) is 5.25. The van der Waals surface area contributed by atoms with Crippen LogP contribution in [0.25, 0.3) is 0 Å². The van der Waals surface area contributed by atoms with Crippen molar-refractivity contribution in [1.29, 1.82) is 0 Å². The maximum atomic E-state index is 9.05. The predicted molar refractivity (Wildman–Crippen MR) is 60.9 cm³/mol. The van der Waals surface area contributed by atoms with Gasteiger partial charge in [-0.2, -0.15) is 0 Å². The van der Waals surface area contributed by atoms with Gasteiger partial charge < -0.3 is 15.3 Å². The molecule has 2 fully saturated rings. The lowest BCUT2D eigenvalue weighted by atomic mass is 10.1. The summed E-state index contributed by atoms with van der Waals surface area (Å²) in [4.78, 5) is 4.92. The number of likely N-dealkylation sites (tertiary alicyclic amines) is 1. The van der Waals surface area contributed by atoms with E-state index in [0.717, 1.165) is 38.8 Å². The number of nitrogens with zero attached hydrogens (tertiary/aromatic N) is 2. The van der Waals surface area contributed by atoms with Gasteiger partial charge in [0.1, 0.15) is 0 Å². The molecule has 2 aliphatic rings. The lowest BCUT2D eigenvalue weighted by Crippen LogP contribution is -2.56. The van der Waals surface area contributed by atoms with Gasteiger partial charge in [0.25, 0.3) is 0 Å². The van der Waals surface area contributed by atoms with Crippen molar-refractivity contribution < 1.29 is 5.11 Å². The molecule has 0 amide bonds. The number of likely N-dealkylation sites (N-methyl/N-ethyl adjacent to an activating group) is 1. The van der Waals surface area contributed by atoms with Crippen molar-refractivity contribution in [1.82, 2.24) is 15.1 Å². The van der Waals surface area contributed by atoms with E-state index in [1.165, 1.54) is 13.0 Å². The van der Waals surface area contributed by atoms with Gasteiger partial charge in [0, 0.05) is 45.4 Å². The van der Waals surface area contributed by atoms with E-state index < -0.39 is 0 Å². The maximum Gasteiger partial charge on any atom is 0.0471 e. The van der Waals surface area contributed by atoms with E-state index in [9.17, 15) is 0 Å². The topological polar surface area (TPSA) is 38.7 Å². The van der Waals surface area contributed by atoms with Gasteiger partial charge in [-0.3, -0.25) is 4.90 Å². The Bertz CT molecular complexity index is 196. The Hall–Kier alpha value is -0.160. The Balaban J connectivity index is 1.61. The quantitative estimate of drug-likeness (QED) is 0.627. The summed E-state index contributed by atoms with van der Waals surface area (Å²) in [6.07, 6.45) is 1.17. The SMILES string of the molecule is CN(CCN1CCC(CO)C1)C1CNC1. The molecule has 88 valence electrons. The maximum absolute atomic E-state index is 9.05. The fraction of sp³-hybridized carbons (Fsp3) is 1.00. The molecule has 0 aliphatic carbocycles. The molecule has 0 aromatic carbocycles. The number of aliphatic hydroxyl groups is 1. The van der Waals surface area contributed by atoms with Gasteiger partial charge in [0.05, 0.1) is 0 Å². The third kappa shape index (κ3) is 2.91. The van der Waals surface area contributed by atoms with Gasteiger partial charge in [-0.25, -0.2) is 0 Å². The second-order valence-electron chi connectivity index (χ2n) is 4.93. The molecule has 2 heterocycles. The summed E-state index contributed by atoms with van der Waals surface area (Å²) in [6, 6.07) is 0.751. The lowest BCUT2D eigenvalue weighted by Gasteiger charge is -2.36. The summed E-state index contributed by atoms with van der Waals surface area (Å²) in [5.41, 5.74) is 0. The Kier molecular flexibility index (Phi) is 3.97. The molecule has 4 heteroatoms. The Morgan fingerprint density at radius 2 is 2.27 bits per heavy atom. The first-order valence-corrected chi connectivity index (χ1v) is 6.03. The molecule has 0 saturated carbocycles. The summed E-state index contributed by atoms with van der Waals surface area (Å²) in [6.45, 7) is 7.23. The molecule has 2 saturated heterocycles. The van der Waals surface area contributed by atoms with Crippen molar-refractivity contribution in [2.45, 2.75) is 12.5 Å². The minimum Gasteiger partial charge on any atom is -0.396 e. The van der Waals surface area contributed by atoms with Gasteiger partial charge in [-0.15, -0.1) is 0 Å². The van der Waals surface area contributed by atoms with Crippen molar-refractivity contribution >= 4 is 0 Å². The standard InChI is InChI=1S/C11H23N3O/c1-13(11-6-12-7-11)4-5-14-3-2-10(8-14)9-15/h10-12,15H,2-9H2,1H3. The number of nitrogens with one attached hydrogen (secondary N) is 1. The third-order valence-electron chi connectivity index (χ3n) is 3.78. The van der Waals surface area contributed by atoms with Crippen molar-refractivity contribution in [2.75, 3.05) is 52.9 Å². The predicted octanol–water partition coefficient (Wildman–Crippen LogP) is -0.796. The molecular formula is C11H23N3O. The third-order valence-corrected chi connectivity index (χ3v) is 3.78. The zero-order chi connectivity index (χ0) is 10.7. The van der Waals surface area contributed by atoms with E-state index in [4.69, 9.17) is 5.11 Å². The summed E-state index contributed by atoms with van der Waals surface area (Å²) >= 11 is 0. The highest BCUT2D eigenvalue weighted by atomic mass is 16.3. The van der Waals surface area contributed by atoms with Crippen LogP contribution in [0.2, 0.25) is 0 Å². The second-order valence-corrected chi connectivity index (χ2v) is 4.93. The van der Waals surface area contributed by atoms with Crippen LogP contribution in [0.15, 0.2) is 0 Å². The summed E-state index contributed by atoms with van der Waals surface area (Å²) in [7, 11) is 2.21. The largest absolute Gasteiger partial charge is 0.396 e. The molecule has 2 N–H and O–H groups in total. The van der Waals surface area contributed by atoms with E-state index in [1.807, 2.05) is 0 Å². The number of hydrogen-bond acceptors (Lipinski definition) is 4. The summed E-state index contributed by atoms with van der Waals surface area (Å²) in [5, 5.41) is 12.3. The molecule has 0 radical (unpaired) electrons. The molecule has 15 heavy (non-hydrogen) atoms. The Labute approximate surface area is 92.2 Å². The van der Waals surface area contributed by atoms with Gasteiger partial charge in [0.2, 0.25) is 0 Å². The highest BCUT2D eigenvalue weighted by Crippen LogP contribution is 2.15. The average Bonchev–Trinajstić information content (AvgIpc) is 2.59. The van der Waals surface area contributed by atoms with E-state index in [0.29, 0.717) is 12.5 Å². The Morgan fingerprint density at radius 3 is 2.80 bits per heavy atom. The van der Waals surface area contributed by atoms with Crippen LogP contribution in [-0.2, 0) is 0 Å². The first-order valence-electron chi connectivity index (χ1n) is 6.03. The highest BCUT2D eigenvalue weighted by molar-refractivity contribution is 4.83. The van der Waals surface area contributed by atoms with E-state index in [1.54, 1.807) is 0 Å². The van der Waals surface area contributed by atoms with Gasteiger partial charge >= 0.3 is 0 Å². The zero-order valence-corrected chi connectivity index (χ0v) is 9.65. The molecule has 0 aromatic heterocycles. The zero-order valence-electron chi connectivity index (χ0n) is 9.65. The molecule has 0 aromatic rings. The smallest absolute Gasteiger partial charge is 0.0471 e. The molecular weight excluding hydrogens is 190 g/mol. The van der Waals surface area contributed by atoms with Gasteiger partial charge in [0.15, 0.2) is 0 Å². The molecule has 2 rings (SSSR count). The van der Waals surface area contributed by atoms with E-state index in [2.05, 4.69) is 22.2 Å². The van der Waals surface area contributed by atoms with Crippen LogP contribution in [-0.4, -0.2) is 73.9 Å². The summed E-state index contributed by atoms with van der Waals surface area (Å²) < 4.78 is 0. The molecule has 1 unspecified atom stereocenters. The van der Waals surface area contributed by atoms with Crippen LogP contribution >= 0.6 is 0 Å². The first kappa shape index (κ1) is 11.3. The van der Waals surface area contributed by atoms with Crippen LogP contribution in [0.1, 0.15) is 6.42 Å². The van der Waals surface area contributed by atoms with Crippen molar-refractivity contribution in [2.24, 2.45) is 5.92 Å². The normalized spacial score (nSPS) is 28.6. The number of aliphatic hydroxyl groups excluding tert-OH is 1. The molecule has 0 spiro atoms. The molecule has 2 aliphatic heterocycles. The Morgan fingerprint density at radius 1 is 1.47 bits per heavy atom. The minimum absolute atomic E-state index is 0.360. The van der Waals surface area contributed by atoms with Crippen LogP contribution < -0.4 is 5.32 Å². The fourth-order valence-corrected chi connectivity index (χ4v) is 2.33. The number of rotatable bonds is 5. The highest BCUT2D eigenvalue weighted by Gasteiger charge is 2.24. The monoisotopic (exact) mass is 213 g/mol. The van der Waals surface area contributed by atoms with Gasteiger partial charge in [-0.05, 0) is 25.9 Å². The first-order chi connectivity index (χ1) is 7.29. The molecule has 4 nitrogen and oxygen atoms in total. The molecule has 1 atom stereocenters. The van der Waals surface area contributed by atoms with Crippen LogP contribution in [0.3, 0.4) is 0 Å². The van der Waals surface area contributed by atoms with Gasteiger partial charge in [-0.1, -0.05) is 0 Å². The average molecular weight is 213 g/mol. The minimum atomic E-state index is 0.360. The number of hydrogen-bond donors (Lipinski definition) is 2. The van der Waals surface area contributed by atoms with Crippen molar-refractivity contribution in [3.8, 4) is 0 Å². The van der Waals surface area contributed by atoms with Crippen LogP contribution in [0.4, 0.5) is 0 Å². The van der Waals surface area contributed by atoms with E-state index >= 15 is 0 Å². The van der Waals surface area contributed by atoms with Crippen molar-refractivity contribution in [3.63, 3.8) is 0 Å². The lowest BCUT2D eigenvalue weighted by molar-refractivity contribution is 0.156. The van der Waals surface area contributed by atoms with Crippen LogP contribution in [0.5, 0.6) is 0 Å². The van der Waals surface area contributed by atoms with E-state index in [-0.39, 0.29) is 0 Å².